The van der Waals surface area contributed by atoms with E-state index in [0.29, 0.717) is 18.4 Å². The van der Waals surface area contributed by atoms with Crippen molar-refractivity contribution in [1.29, 1.82) is 0 Å². The van der Waals surface area contributed by atoms with E-state index in [0.717, 1.165) is 12.3 Å². The maximum atomic E-state index is 11.6. The molecule has 0 aliphatic heterocycles. The van der Waals surface area contributed by atoms with Crippen molar-refractivity contribution in [3.05, 3.63) is 0 Å². The molecule has 3 nitrogen and oxygen atoms in total. The van der Waals surface area contributed by atoms with Gasteiger partial charge >= 0.3 is 5.97 Å². The highest BCUT2D eigenvalue weighted by atomic mass is 16.5. The summed E-state index contributed by atoms with van der Waals surface area (Å²) in [6.45, 7) is 0.696. The second-order valence-electron chi connectivity index (χ2n) is 4.62. The number of fused-ring (bicyclic) bond motifs is 2. The zero-order valence-corrected chi connectivity index (χ0v) is 8.74. The molecule has 2 saturated carbocycles. The van der Waals surface area contributed by atoms with Gasteiger partial charge in [-0.05, 0) is 50.0 Å². The molecule has 14 heavy (non-hydrogen) atoms. The van der Waals surface area contributed by atoms with E-state index in [9.17, 15) is 4.79 Å². The van der Waals surface area contributed by atoms with Gasteiger partial charge < -0.3 is 10.5 Å². The van der Waals surface area contributed by atoms with Crippen LogP contribution in [-0.2, 0) is 9.53 Å². The largest absolute Gasteiger partial charge is 0.469 e. The van der Waals surface area contributed by atoms with Crippen molar-refractivity contribution in [2.24, 2.45) is 29.4 Å². The van der Waals surface area contributed by atoms with Crippen LogP contribution in [0.5, 0.6) is 0 Å². The number of hydrogen-bond donors (Lipinski definition) is 1. The lowest BCUT2D eigenvalue weighted by molar-refractivity contribution is -0.149. The van der Waals surface area contributed by atoms with E-state index >= 15 is 0 Å². The number of methoxy groups -OCH3 is 1. The number of esters is 1. The van der Waals surface area contributed by atoms with E-state index in [4.69, 9.17) is 10.5 Å². The van der Waals surface area contributed by atoms with E-state index in [-0.39, 0.29) is 11.9 Å². The monoisotopic (exact) mass is 197 g/mol. The molecule has 2 aliphatic carbocycles. The van der Waals surface area contributed by atoms with E-state index in [2.05, 4.69) is 0 Å². The lowest BCUT2D eigenvalue weighted by atomic mass is 9.77. The molecule has 4 atom stereocenters. The molecule has 80 valence electrons. The summed E-state index contributed by atoms with van der Waals surface area (Å²) >= 11 is 0. The lowest BCUT2D eigenvalue weighted by Crippen LogP contribution is -2.31. The molecular weight excluding hydrogens is 178 g/mol. The molecule has 4 unspecified atom stereocenters. The van der Waals surface area contributed by atoms with Crippen molar-refractivity contribution in [2.45, 2.75) is 25.7 Å². The first-order valence-corrected chi connectivity index (χ1v) is 5.55. The number of carbonyl (C=O) groups excluding carboxylic acids is 1. The van der Waals surface area contributed by atoms with Crippen LogP contribution in [0.2, 0.25) is 0 Å². The smallest absolute Gasteiger partial charge is 0.309 e. The number of carbonyl (C=O) groups is 1. The summed E-state index contributed by atoms with van der Waals surface area (Å²) in [7, 11) is 1.49. The van der Waals surface area contributed by atoms with Gasteiger partial charge in [0, 0.05) is 0 Å². The van der Waals surface area contributed by atoms with Crippen LogP contribution in [0.25, 0.3) is 0 Å². The predicted octanol–water partition coefficient (Wildman–Crippen LogP) is 1.17. The second-order valence-corrected chi connectivity index (χ2v) is 4.62. The summed E-state index contributed by atoms with van der Waals surface area (Å²) < 4.78 is 4.88. The molecular formula is C11H19NO2. The molecule has 2 N–H and O–H groups in total. The summed E-state index contributed by atoms with van der Waals surface area (Å²) in [4.78, 5) is 11.6. The summed E-state index contributed by atoms with van der Waals surface area (Å²) in [5, 5.41) is 0. The molecule has 2 rings (SSSR count). The Kier molecular flexibility index (Phi) is 2.77. The Labute approximate surface area is 85.0 Å². The van der Waals surface area contributed by atoms with Gasteiger partial charge in [-0.1, -0.05) is 0 Å². The Balaban J connectivity index is 2.09. The Morgan fingerprint density at radius 3 is 2.79 bits per heavy atom. The minimum Gasteiger partial charge on any atom is -0.469 e. The van der Waals surface area contributed by atoms with Crippen LogP contribution in [0.15, 0.2) is 0 Å². The van der Waals surface area contributed by atoms with Crippen molar-refractivity contribution < 1.29 is 9.53 Å². The molecule has 0 heterocycles. The molecule has 0 radical (unpaired) electrons. The second kappa shape index (κ2) is 3.89. The fourth-order valence-electron chi connectivity index (χ4n) is 3.52. The Bertz CT molecular complexity index is 229. The van der Waals surface area contributed by atoms with Crippen LogP contribution < -0.4 is 5.73 Å². The molecule has 2 bridgehead atoms. The van der Waals surface area contributed by atoms with Gasteiger partial charge in [-0.25, -0.2) is 0 Å². The highest BCUT2D eigenvalue weighted by Gasteiger charge is 2.50. The van der Waals surface area contributed by atoms with Crippen molar-refractivity contribution in [1.82, 2.24) is 0 Å². The van der Waals surface area contributed by atoms with Crippen LogP contribution in [0.1, 0.15) is 25.7 Å². The number of ether oxygens (including phenoxy) is 1. The molecule has 0 aromatic rings. The maximum Gasteiger partial charge on any atom is 0.309 e. The molecule has 0 spiro atoms. The fraction of sp³-hybridized carbons (Fsp3) is 0.909. The summed E-state index contributed by atoms with van der Waals surface area (Å²) in [6, 6.07) is 0. The molecule has 0 aromatic carbocycles. The Hall–Kier alpha value is -0.570. The molecule has 0 saturated heterocycles. The number of nitrogens with two attached hydrogens (primary N) is 1. The van der Waals surface area contributed by atoms with Gasteiger partial charge in [0.25, 0.3) is 0 Å². The molecule has 0 amide bonds. The Morgan fingerprint density at radius 2 is 2.14 bits per heavy atom. The average Bonchev–Trinajstić information content (AvgIpc) is 2.77. The summed E-state index contributed by atoms with van der Waals surface area (Å²) in [5.41, 5.74) is 5.59. The predicted molar refractivity (Wildman–Crippen MR) is 53.5 cm³/mol. The first-order chi connectivity index (χ1) is 6.77. The van der Waals surface area contributed by atoms with E-state index in [1.807, 2.05) is 0 Å². The molecule has 2 aliphatic rings. The quantitative estimate of drug-likeness (QED) is 0.691. The van der Waals surface area contributed by atoms with Crippen molar-refractivity contribution >= 4 is 5.97 Å². The van der Waals surface area contributed by atoms with Crippen LogP contribution in [0, 0.1) is 23.7 Å². The Morgan fingerprint density at radius 1 is 1.43 bits per heavy atom. The van der Waals surface area contributed by atoms with Crippen molar-refractivity contribution in [3.63, 3.8) is 0 Å². The molecule has 0 aromatic heterocycles. The van der Waals surface area contributed by atoms with E-state index < -0.39 is 0 Å². The lowest BCUT2D eigenvalue weighted by Gasteiger charge is -2.28. The third kappa shape index (κ3) is 1.44. The topological polar surface area (TPSA) is 52.3 Å². The fourth-order valence-corrected chi connectivity index (χ4v) is 3.52. The van der Waals surface area contributed by atoms with Crippen molar-refractivity contribution in [2.75, 3.05) is 13.7 Å². The number of rotatable bonds is 3. The SMILES string of the molecule is COC(=O)C1C2CCC(C2)C1CCN. The molecule has 3 heteroatoms. The minimum atomic E-state index is -0.00403. The standard InChI is InChI=1S/C11H19NO2/c1-14-11(13)10-8-3-2-7(6-8)9(10)4-5-12/h7-10H,2-6,12H2,1H3. The van der Waals surface area contributed by atoms with Gasteiger partial charge in [0.1, 0.15) is 0 Å². The van der Waals surface area contributed by atoms with Crippen LogP contribution in [-0.4, -0.2) is 19.6 Å². The zero-order valence-electron chi connectivity index (χ0n) is 8.74. The highest BCUT2D eigenvalue weighted by molar-refractivity contribution is 5.73. The zero-order chi connectivity index (χ0) is 10.1. The average molecular weight is 197 g/mol. The minimum absolute atomic E-state index is 0.00403. The van der Waals surface area contributed by atoms with Gasteiger partial charge in [0.05, 0.1) is 13.0 Å². The third-order valence-electron chi connectivity index (χ3n) is 4.06. The first kappa shape index (κ1) is 9.97. The normalized spacial score (nSPS) is 40.1. The first-order valence-electron chi connectivity index (χ1n) is 5.55. The van der Waals surface area contributed by atoms with E-state index in [1.54, 1.807) is 0 Å². The van der Waals surface area contributed by atoms with Gasteiger partial charge in [0.15, 0.2) is 0 Å². The van der Waals surface area contributed by atoms with Gasteiger partial charge in [-0.15, -0.1) is 0 Å². The number of hydrogen-bond acceptors (Lipinski definition) is 3. The summed E-state index contributed by atoms with van der Waals surface area (Å²) in [5.74, 6) is 1.99. The van der Waals surface area contributed by atoms with Gasteiger partial charge in [-0.2, -0.15) is 0 Å². The summed E-state index contributed by atoms with van der Waals surface area (Å²) in [6.07, 6.45) is 4.72. The van der Waals surface area contributed by atoms with Crippen LogP contribution in [0.4, 0.5) is 0 Å². The maximum absolute atomic E-state index is 11.6. The molecule has 2 fully saturated rings. The van der Waals surface area contributed by atoms with Crippen LogP contribution in [0.3, 0.4) is 0 Å². The van der Waals surface area contributed by atoms with Crippen LogP contribution >= 0.6 is 0 Å². The third-order valence-corrected chi connectivity index (χ3v) is 4.06. The van der Waals surface area contributed by atoms with Gasteiger partial charge in [0.2, 0.25) is 0 Å². The van der Waals surface area contributed by atoms with Crippen molar-refractivity contribution in [3.8, 4) is 0 Å². The van der Waals surface area contributed by atoms with E-state index in [1.165, 1.54) is 26.4 Å². The highest BCUT2D eigenvalue weighted by Crippen LogP contribution is 2.53. The van der Waals surface area contributed by atoms with Gasteiger partial charge in [-0.3, -0.25) is 4.79 Å².